The van der Waals surface area contributed by atoms with Gasteiger partial charge >= 0.3 is 0 Å². The summed E-state index contributed by atoms with van der Waals surface area (Å²) in [7, 11) is 0. The molecule has 0 fully saturated rings. The Bertz CT molecular complexity index is 145. The molecule has 0 radical (unpaired) electrons. The average molecular weight is 145 g/mol. The molecule has 0 heterocycles. The van der Waals surface area contributed by atoms with Crippen molar-refractivity contribution in [3.8, 4) is 12.3 Å². The van der Waals surface area contributed by atoms with Gasteiger partial charge in [0.05, 0.1) is 0 Å². The van der Waals surface area contributed by atoms with E-state index in [9.17, 15) is 5.11 Å². The summed E-state index contributed by atoms with van der Waals surface area (Å²) in [5, 5.41) is 9.22. The van der Waals surface area contributed by atoms with Gasteiger partial charge in [-0.2, -0.15) is 0 Å². The fraction of sp³-hybridized carbons (Fsp3) is 0.429. The molecule has 0 aromatic carbocycles. The highest BCUT2D eigenvalue weighted by Crippen LogP contribution is 2.09. The van der Waals surface area contributed by atoms with Crippen LogP contribution in [-0.4, -0.2) is 10.7 Å². The molecule has 0 saturated carbocycles. The first-order valence-electron chi connectivity index (χ1n) is 2.66. The maximum absolute atomic E-state index is 9.22. The number of halogens is 1. The molecule has 0 spiro atoms. The lowest BCUT2D eigenvalue weighted by Crippen LogP contribution is -2.20. The Kier molecular flexibility index (Phi) is 3.37. The Balaban J connectivity index is 4.14. The smallest absolute Gasteiger partial charge is 0.144 e. The third-order valence-electron chi connectivity index (χ3n) is 1.13. The lowest BCUT2D eigenvalue weighted by atomic mass is 10.0. The van der Waals surface area contributed by atoms with Crippen LogP contribution in [0.15, 0.2) is 11.6 Å². The zero-order valence-corrected chi connectivity index (χ0v) is 6.02. The lowest BCUT2D eigenvalue weighted by Gasteiger charge is -2.12. The summed E-state index contributed by atoms with van der Waals surface area (Å²) in [6.45, 7) is 1.79. The molecule has 0 rings (SSSR count). The number of hydrogen-bond acceptors (Lipinski definition) is 1. The van der Waals surface area contributed by atoms with E-state index in [4.69, 9.17) is 18.0 Å². The number of hydrogen-bond donors (Lipinski definition) is 1. The topological polar surface area (TPSA) is 20.2 Å². The fourth-order valence-electron chi connectivity index (χ4n) is 0.372. The van der Waals surface area contributed by atoms with Gasteiger partial charge in [-0.1, -0.05) is 24.4 Å². The molecule has 0 aliphatic carbocycles. The molecule has 2 heteroatoms. The van der Waals surface area contributed by atoms with Crippen molar-refractivity contribution in [1.82, 2.24) is 0 Å². The Labute approximate surface area is 60.3 Å². The highest BCUT2D eigenvalue weighted by molar-refractivity contribution is 6.25. The highest BCUT2D eigenvalue weighted by atomic mass is 35.5. The van der Waals surface area contributed by atoms with Gasteiger partial charge in [0.1, 0.15) is 5.60 Å². The average Bonchev–Trinajstić information content (AvgIpc) is 1.89. The Morgan fingerprint density at radius 1 is 1.89 bits per heavy atom. The molecule has 0 aliphatic heterocycles. The predicted molar refractivity (Wildman–Crippen MR) is 39.1 cm³/mol. The molecule has 1 N–H and O–H groups in total. The van der Waals surface area contributed by atoms with Crippen LogP contribution in [0.3, 0.4) is 0 Å². The summed E-state index contributed by atoms with van der Waals surface area (Å²) in [5.41, 5.74) is 0.0745. The van der Waals surface area contributed by atoms with Gasteiger partial charge in [0, 0.05) is 5.54 Å². The van der Waals surface area contributed by atoms with Crippen molar-refractivity contribution < 1.29 is 5.11 Å². The maximum atomic E-state index is 9.22. The van der Waals surface area contributed by atoms with Gasteiger partial charge in [0.15, 0.2) is 0 Å². The fourth-order valence-corrected chi connectivity index (χ4v) is 0.581. The molecule has 0 bridgehead atoms. The van der Waals surface area contributed by atoms with Crippen LogP contribution in [0, 0.1) is 12.3 Å². The Hall–Kier alpha value is -0.450. The predicted octanol–water partition coefficient (Wildman–Crippen LogP) is 1.51. The van der Waals surface area contributed by atoms with Crippen LogP contribution >= 0.6 is 11.6 Å². The quantitative estimate of drug-likeness (QED) is 0.583. The van der Waals surface area contributed by atoms with E-state index in [2.05, 4.69) is 5.92 Å². The van der Waals surface area contributed by atoms with Crippen molar-refractivity contribution in [2.75, 3.05) is 0 Å². The second kappa shape index (κ2) is 3.55. The van der Waals surface area contributed by atoms with E-state index < -0.39 is 5.60 Å². The molecule has 0 amide bonds. The highest BCUT2D eigenvalue weighted by Gasteiger charge is 2.15. The van der Waals surface area contributed by atoms with Gasteiger partial charge in [-0.05, 0) is 12.5 Å². The van der Waals surface area contributed by atoms with E-state index in [-0.39, 0.29) is 0 Å². The van der Waals surface area contributed by atoms with Gasteiger partial charge in [-0.25, -0.2) is 0 Å². The van der Waals surface area contributed by atoms with Crippen molar-refractivity contribution in [3.05, 3.63) is 11.6 Å². The summed E-state index contributed by atoms with van der Waals surface area (Å²) >= 11 is 5.21. The van der Waals surface area contributed by atoms with Gasteiger partial charge in [-0.15, -0.1) is 6.42 Å². The number of rotatable bonds is 2. The van der Waals surface area contributed by atoms with Crippen LogP contribution in [0.4, 0.5) is 0 Å². The first kappa shape index (κ1) is 8.55. The van der Waals surface area contributed by atoms with Crippen molar-refractivity contribution in [1.29, 1.82) is 0 Å². The summed E-state index contributed by atoms with van der Waals surface area (Å²) in [5.74, 6) is 2.21. The summed E-state index contributed by atoms with van der Waals surface area (Å²) in [6, 6.07) is 0. The van der Waals surface area contributed by atoms with Crippen LogP contribution in [0.1, 0.15) is 13.3 Å². The van der Waals surface area contributed by atoms with Crippen molar-refractivity contribution in [2.45, 2.75) is 18.9 Å². The summed E-state index contributed by atoms with van der Waals surface area (Å²) in [6.07, 6.45) is 6.86. The molecule has 0 aromatic rings. The van der Waals surface area contributed by atoms with Crippen LogP contribution in [0.25, 0.3) is 0 Å². The molecule has 1 atom stereocenters. The first-order valence-corrected chi connectivity index (χ1v) is 3.10. The van der Waals surface area contributed by atoms with E-state index in [1.54, 1.807) is 6.92 Å². The standard InChI is InChI=1S/C7H9ClO/c1-3-7(9,4-2)5-6-8/h1,5-6,9H,4H2,2H3/b6-5+. The molecule has 1 nitrogen and oxygen atoms in total. The molecular formula is C7H9ClO. The molecule has 50 valence electrons. The second-order valence-corrected chi connectivity index (χ2v) is 1.97. The zero-order valence-electron chi connectivity index (χ0n) is 5.26. The van der Waals surface area contributed by atoms with Crippen LogP contribution in [0.2, 0.25) is 0 Å². The van der Waals surface area contributed by atoms with Gasteiger partial charge < -0.3 is 5.11 Å². The third-order valence-corrected chi connectivity index (χ3v) is 1.25. The molecule has 1 unspecified atom stereocenters. The van der Waals surface area contributed by atoms with Crippen molar-refractivity contribution in [3.63, 3.8) is 0 Å². The van der Waals surface area contributed by atoms with Crippen LogP contribution < -0.4 is 0 Å². The molecule has 0 aliphatic rings. The minimum absolute atomic E-state index is 0.479. The van der Waals surface area contributed by atoms with E-state index in [1.165, 1.54) is 11.6 Å². The normalized spacial score (nSPS) is 17.1. The molecular weight excluding hydrogens is 136 g/mol. The molecule has 9 heavy (non-hydrogen) atoms. The summed E-state index contributed by atoms with van der Waals surface area (Å²) < 4.78 is 0. The molecule has 0 saturated heterocycles. The third kappa shape index (κ3) is 2.55. The van der Waals surface area contributed by atoms with Gasteiger partial charge in [0.2, 0.25) is 0 Å². The van der Waals surface area contributed by atoms with E-state index in [0.29, 0.717) is 6.42 Å². The minimum atomic E-state index is -1.15. The Morgan fingerprint density at radius 3 is 2.56 bits per heavy atom. The van der Waals surface area contributed by atoms with Crippen LogP contribution in [-0.2, 0) is 0 Å². The zero-order chi connectivity index (χ0) is 7.33. The second-order valence-electron chi connectivity index (χ2n) is 1.71. The largest absolute Gasteiger partial charge is 0.374 e. The van der Waals surface area contributed by atoms with Crippen molar-refractivity contribution in [2.24, 2.45) is 0 Å². The SMILES string of the molecule is C#CC(O)(/C=C/Cl)CC. The Morgan fingerprint density at radius 2 is 2.44 bits per heavy atom. The monoisotopic (exact) mass is 144 g/mol. The minimum Gasteiger partial charge on any atom is -0.374 e. The number of terminal acetylenes is 1. The first-order chi connectivity index (χ1) is 4.18. The van der Waals surface area contributed by atoms with Gasteiger partial charge in [-0.3, -0.25) is 0 Å². The maximum Gasteiger partial charge on any atom is 0.144 e. The summed E-state index contributed by atoms with van der Waals surface area (Å²) in [4.78, 5) is 0. The van der Waals surface area contributed by atoms with E-state index in [0.717, 1.165) is 0 Å². The number of aliphatic hydroxyl groups is 1. The van der Waals surface area contributed by atoms with E-state index >= 15 is 0 Å². The van der Waals surface area contributed by atoms with Crippen LogP contribution in [0.5, 0.6) is 0 Å². The van der Waals surface area contributed by atoms with Gasteiger partial charge in [0.25, 0.3) is 0 Å². The lowest BCUT2D eigenvalue weighted by molar-refractivity contribution is 0.149. The molecule has 0 aromatic heterocycles. The van der Waals surface area contributed by atoms with E-state index in [1.807, 2.05) is 0 Å². The van der Waals surface area contributed by atoms with Crippen molar-refractivity contribution >= 4 is 11.6 Å².